The number of fused-ring (bicyclic) bond motifs is 1. The summed E-state index contributed by atoms with van der Waals surface area (Å²) in [6, 6.07) is 27.0. The Morgan fingerprint density at radius 1 is 0.912 bits per heavy atom. The molecule has 1 aromatic heterocycles. The maximum atomic E-state index is 13.2. The molecule has 0 spiro atoms. The van der Waals surface area contributed by atoms with Gasteiger partial charge in [-0.15, -0.1) is 11.3 Å². The van der Waals surface area contributed by atoms with Crippen LogP contribution in [-0.2, 0) is 27.7 Å². The molecule has 1 N–H and O–H groups in total. The van der Waals surface area contributed by atoms with Gasteiger partial charge >= 0.3 is 0 Å². The number of amides is 1. The minimum atomic E-state index is -3.61. The summed E-state index contributed by atoms with van der Waals surface area (Å²) in [4.78, 5) is 12.7. The molecule has 0 atom stereocenters. The third-order valence-corrected chi connectivity index (χ3v) is 9.10. The molecule has 0 saturated carbocycles. The van der Waals surface area contributed by atoms with Crippen LogP contribution in [0.1, 0.15) is 17.5 Å². The zero-order chi connectivity index (χ0) is 23.5. The first-order valence-electron chi connectivity index (χ1n) is 11.1. The quantitative estimate of drug-likeness (QED) is 0.376. The number of aryl methyl sites for hydroxylation is 1. The predicted molar refractivity (Wildman–Crippen MR) is 138 cm³/mol. The fraction of sp³-hybridized carbons (Fsp3) is 0.148. The third-order valence-electron chi connectivity index (χ3n) is 5.91. The number of carbonyl (C=O) groups is 1. The van der Waals surface area contributed by atoms with Gasteiger partial charge in [-0.1, -0.05) is 66.7 Å². The lowest BCUT2D eigenvalue weighted by molar-refractivity contribution is -0.115. The zero-order valence-electron chi connectivity index (χ0n) is 18.5. The van der Waals surface area contributed by atoms with Gasteiger partial charge in [0.1, 0.15) is 4.21 Å². The second kappa shape index (κ2) is 9.44. The van der Waals surface area contributed by atoms with Crippen LogP contribution in [0.4, 0.5) is 11.4 Å². The van der Waals surface area contributed by atoms with Gasteiger partial charge in [0, 0.05) is 12.2 Å². The Balaban J connectivity index is 1.31. The molecule has 0 radical (unpaired) electrons. The number of hydrogen-bond acceptors (Lipinski definition) is 4. The second-order valence-electron chi connectivity index (χ2n) is 8.24. The van der Waals surface area contributed by atoms with E-state index in [1.165, 1.54) is 15.6 Å². The van der Waals surface area contributed by atoms with E-state index >= 15 is 0 Å². The van der Waals surface area contributed by atoms with Crippen LogP contribution in [0.15, 0.2) is 94.5 Å². The molecule has 5 nitrogen and oxygen atoms in total. The van der Waals surface area contributed by atoms with Gasteiger partial charge in [-0.3, -0.25) is 9.10 Å². The van der Waals surface area contributed by atoms with Crippen LogP contribution in [-0.4, -0.2) is 20.9 Å². The summed E-state index contributed by atoms with van der Waals surface area (Å²) in [5.74, 6) is -0.143. The molecular formula is C27H24N2O3S2. The van der Waals surface area contributed by atoms with Gasteiger partial charge in [0.25, 0.3) is 10.0 Å². The minimum absolute atomic E-state index is 0.143. The molecule has 0 saturated heterocycles. The summed E-state index contributed by atoms with van der Waals surface area (Å²) in [6.07, 6.45) is 1.82. The largest absolute Gasteiger partial charge is 0.326 e. The van der Waals surface area contributed by atoms with Crippen LogP contribution in [0.3, 0.4) is 0 Å². The number of carbonyl (C=O) groups excluding carboxylic acids is 1. The van der Waals surface area contributed by atoms with Crippen LogP contribution in [0.2, 0.25) is 0 Å². The van der Waals surface area contributed by atoms with Gasteiger partial charge in [-0.2, -0.15) is 0 Å². The van der Waals surface area contributed by atoms with Crippen LogP contribution >= 0.6 is 11.3 Å². The van der Waals surface area contributed by atoms with E-state index in [0.29, 0.717) is 22.1 Å². The first-order chi connectivity index (χ1) is 16.5. The van der Waals surface area contributed by atoms with E-state index in [9.17, 15) is 13.2 Å². The molecule has 1 aliphatic rings. The van der Waals surface area contributed by atoms with E-state index in [0.717, 1.165) is 35.1 Å². The molecule has 0 unspecified atom stereocenters. The number of nitrogens with one attached hydrogen (secondary N) is 1. The first kappa shape index (κ1) is 22.4. The number of anilines is 2. The van der Waals surface area contributed by atoms with E-state index in [1.807, 2.05) is 54.6 Å². The van der Waals surface area contributed by atoms with Crippen LogP contribution in [0.5, 0.6) is 0 Å². The smallest absolute Gasteiger partial charge is 0.273 e. The minimum Gasteiger partial charge on any atom is -0.326 e. The lowest BCUT2D eigenvalue weighted by atomic mass is 10.0. The molecule has 7 heteroatoms. The van der Waals surface area contributed by atoms with Crippen molar-refractivity contribution in [1.29, 1.82) is 0 Å². The van der Waals surface area contributed by atoms with E-state index in [1.54, 1.807) is 23.6 Å². The lowest BCUT2D eigenvalue weighted by Gasteiger charge is -2.30. The molecule has 34 heavy (non-hydrogen) atoms. The second-order valence-corrected chi connectivity index (χ2v) is 11.3. The summed E-state index contributed by atoms with van der Waals surface area (Å²) < 4.78 is 28.1. The molecule has 172 valence electrons. The van der Waals surface area contributed by atoms with Gasteiger partial charge in [-0.25, -0.2) is 8.42 Å². The van der Waals surface area contributed by atoms with Crippen molar-refractivity contribution in [2.45, 2.75) is 23.5 Å². The molecule has 4 aromatic rings. The SMILES string of the molecule is O=C(Cc1ccc(-c2ccccc2)cc1)Nc1ccc2c(c1)N(S(=O)(=O)c1cccs1)CCC2. The fourth-order valence-corrected chi connectivity index (χ4v) is 6.86. The van der Waals surface area contributed by atoms with Gasteiger partial charge in [-0.05, 0) is 58.7 Å². The Morgan fingerprint density at radius 2 is 1.68 bits per heavy atom. The maximum absolute atomic E-state index is 13.2. The standard InChI is InChI=1S/C27H24N2O3S2/c30-26(18-20-10-12-22(13-11-20)21-6-2-1-3-7-21)28-24-15-14-23-8-4-16-29(25(23)19-24)34(31,32)27-9-5-17-33-27/h1-3,5-7,9-15,17,19H,4,8,16,18H2,(H,28,30). The molecule has 3 aromatic carbocycles. The number of hydrogen-bond donors (Lipinski definition) is 1. The van der Waals surface area contributed by atoms with E-state index < -0.39 is 10.0 Å². The van der Waals surface area contributed by atoms with Crippen molar-refractivity contribution in [2.24, 2.45) is 0 Å². The van der Waals surface area contributed by atoms with Gasteiger partial charge in [0.15, 0.2) is 0 Å². The highest BCUT2D eigenvalue weighted by molar-refractivity contribution is 7.94. The highest BCUT2D eigenvalue weighted by Gasteiger charge is 2.30. The maximum Gasteiger partial charge on any atom is 0.273 e. The van der Waals surface area contributed by atoms with Crippen molar-refractivity contribution in [2.75, 3.05) is 16.2 Å². The summed E-state index contributed by atoms with van der Waals surface area (Å²) in [6.45, 7) is 0.429. The van der Waals surface area contributed by atoms with Crippen molar-refractivity contribution in [3.8, 4) is 11.1 Å². The Morgan fingerprint density at radius 3 is 2.41 bits per heavy atom. The van der Waals surface area contributed by atoms with Crippen molar-refractivity contribution in [1.82, 2.24) is 0 Å². The van der Waals surface area contributed by atoms with E-state index in [-0.39, 0.29) is 12.3 Å². The number of nitrogens with zero attached hydrogens (tertiary/aromatic N) is 1. The van der Waals surface area contributed by atoms with E-state index in [4.69, 9.17) is 0 Å². The highest BCUT2D eigenvalue weighted by Crippen LogP contribution is 2.35. The Hall–Kier alpha value is -3.42. The molecule has 1 aliphatic heterocycles. The van der Waals surface area contributed by atoms with Gasteiger partial charge in [0.05, 0.1) is 12.1 Å². The van der Waals surface area contributed by atoms with Crippen molar-refractivity contribution in [3.63, 3.8) is 0 Å². The summed E-state index contributed by atoms with van der Waals surface area (Å²) in [5.41, 5.74) is 5.36. The summed E-state index contributed by atoms with van der Waals surface area (Å²) >= 11 is 1.21. The average Bonchev–Trinajstić information content (AvgIpc) is 3.41. The van der Waals surface area contributed by atoms with Crippen LogP contribution in [0.25, 0.3) is 11.1 Å². The number of rotatable bonds is 6. The van der Waals surface area contributed by atoms with Crippen LogP contribution in [0, 0.1) is 0 Å². The van der Waals surface area contributed by atoms with Crippen molar-refractivity contribution in [3.05, 3.63) is 101 Å². The average molecular weight is 489 g/mol. The molecule has 0 aliphatic carbocycles. The van der Waals surface area contributed by atoms with Gasteiger partial charge in [0.2, 0.25) is 5.91 Å². The molecular weight excluding hydrogens is 464 g/mol. The molecule has 5 rings (SSSR count). The van der Waals surface area contributed by atoms with Crippen LogP contribution < -0.4 is 9.62 Å². The Bertz CT molecular complexity index is 1400. The number of benzene rings is 3. The van der Waals surface area contributed by atoms with Crippen molar-refractivity contribution >= 4 is 38.6 Å². The zero-order valence-corrected chi connectivity index (χ0v) is 20.1. The normalized spacial score (nSPS) is 13.4. The summed E-state index contributed by atoms with van der Waals surface area (Å²) in [7, 11) is -3.61. The Kier molecular flexibility index (Phi) is 6.22. The molecule has 1 amide bonds. The predicted octanol–water partition coefficient (Wildman–Crippen LogP) is 5.74. The molecule has 2 heterocycles. The lowest BCUT2D eigenvalue weighted by Crippen LogP contribution is -2.35. The van der Waals surface area contributed by atoms with Gasteiger partial charge < -0.3 is 5.32 Å². The first-order valence-corrected chi connectivity index (χ1v) is 13.5. The topological polar surface area (TPSA) is 66.5 Å². The highest BCUT2D eigenvalue weighted by atomic mass is 32.2. The molecule has 0 bridgehead atoms. The summed E-state index contributed by atoms with van der Waals surface area (Å²) in [5, 5.41) is 4.70. The third kappa shape index (κ3) is 4.62. The van der Waals surface area contributed by atoms with Crippen molar-refractivity contribution < 1.29 is 13.2 Å². The van der Waals surface area contributed by atoms with E-state index in [2.05, 4.69) is 17.4 Å². The number of thiophene rings is 1. The number of sulfonamides is 1. The fourth-order valence-electron chi connectivity index (χ4n) is 4.22. The Labute approximate surface area is 203 Å². The molecule has 0 fully saturated rings. The monoisotopic (exact) mass is 488 g/mol.